The van der Waals surface area contributed by atoms with Gasteiger partial charge in [-0.05, 0) is 5.56 Å². The number of amides is 1. The van der Waals surface area contributed by atoms with Gasteiger partial charge >= 0.3 is 6.09 Å². The van der Waals surface area contributed by atoms with Crippen molar-refractivity contribution in [3.05, 3.63) is 35.9 Å². The maximum absolute atomic E-state index is 12.2. The van der Waals surface area contributed by atoms with Gasteiger partial charge in [-0.2, -0.15) is 0 Å². The van der Waals surface area contributed by atoms with E-state index in [2.05, 4.69) is 41.8 Å². The molecule has 2 heterocycles. The van der Waals surface area contributed by atoms with Crippen molar-refractivity contribution >= 4 is 28.7 Å². The lowest BCUT2D eigenvalue weighted by atomic mass is 10.1. The number of hydrogen-bond acceptors (Lipinski definition) is 4. The van der Waals surface area contributed by atoms with Gasteiger partial charge in [0, 0.05) is 17.0 Å². The van der Waals surface area contributed by atoms with Crippen LogP contribution in [0, 0.1) is 0 Å². The van der Waals surface area contributed by atoms with Crippen molar-refractivity contribution in [1.82, 2.24) is 10.2 Å². The summed E-state index contributed by atoms with van der Waals surface area (Å²) in [6.45, 7) is 7.35. The first-order valence-corrected chi connectivity index (χ1v) is 9.24. The molecule has 2 aliphatic rings. The first-order valence-electron chi connectivity index (χ1n) is 7.99. The Balaban J connectivity index is 0.000000433. The van der Waals surface area contributed by atoms with Crippen LogP contribution >= 0.6 is 22.6 Å². The molecule has 0 aromatic heterocycles. The highest BCUT2D eigenvalue weighted by molar-refractivity contribution is 14.1. The van der Waals surface area contributed by atoms with Gasteiger partial charge in [0.25, 0.3) is 0 Å². The molecule has 128 valence electrons. The summed E-state index contributed by atoms with van der Waals surface area (Å²) in [5, 5.41) is 3.32. The number of alkyl halides is 1. The summed E-state index contributed by atoms with van der Waals surface area (Å²) in [4.78, 5) is 14.0. The summed E-state index contributed by atoms with van der Waals surface area (Å²) in [6.07, 6.45) is -0.233. The van der Waals surface area contributed by atoms with Crippen LogP contribution in [-0.2, 0) is 16.1 Å². The van der Waals surface area contributed by atoms with Crippen LogP contribution in [-0.4, -0.2) is 53.3 Å². The SMILES string of the molecule is CC(C)I.O=C(OCc1ccccc1)N1C2CNCC1COC2. The van der Waals surface area contributed by atoms with E-state index in [0.717, 1.165) is 22.6 Å². The van der Waals surface area contributed by atoms with Crippen LogP contribution in [0.25, 0.3) is 0 Å². The number of carbonyl (C=O) groups is 1. The predicted octanol–water partition coefficient (Wildman–Crippen LogP) is 2.83. The molecule has 0 spiro atoms. The van der Waals surface area contributed by atoms with Gasteiger partial charge in [0.2, 0.25) is 0 Å². The molecule has 2 aliphatic heterocycles. The third-order valence-corrected chi connectivity index (χ3v) is 3.58. The molecule has 2 atom stereocenters. The standard InChI is InChI=1S/C14H18N2O3.C3H7I/c17-14(19-8-11-4-2-1-3-5-11)16-12-6-15-7-13(16)10-18-9-12;1-3(2)4/h1-5,12-13,15H,6-10H2;3H,1-2H3. The topological polar surface area (TPSA) is 50.8 Å². The molecule has 2 saturated heterocycles. The van der Waals surface area contributed by atoms with E-state index < -0.39 is 0 Å². The first kappa shape index (κ1) is 18.5. The number of carbonyl (C=O) groups excluding carboxylic acids is 1. The fraction of sp³-hybridized carbons (Fsp3) is 0.588. The van der Waals surface area contributed by atoms with E-state index in [4.69, 9.17) is 9.47 Å². The average Bonchev–Trinajstić information content (AvgIpc) is 2.52. The lowest BCUT2D eigenvalue weighted by Gasteiger charge is -2.45. The largest absolute Gasteiger partial charge is 0.445 e. The summed E-state index contributed by atoms with van der Waals surface area (Å²) in [5.74, 6) is 0. The summed E-state index contributed by atoms with van der Waals surface area (Å²) in [7, 11) is 0. The molecule has 2 unspecified atom stereocenters. The van der Waals surface area contributed by atoms with Gasteiger partial charge in [-0.25, -0.2) is 4.79 Å². The maximum Gasteiger partial charge on any atom is 0.410 e. The number of hydrogen-bond donors (Lipinski definition) is 1. The van der Waals surface area contributed by atoms with Crippen molar-refractivity contribution in [2.75, 3.05) is 26.3 Å². The number of ether oxygens (including phenoxy) is 2. The van der Waals surface area contributed by atoms with Crippen molar-refractivity contribution in [3.8, 4) is 0 Å². The molecule has 3 rings (SSSR count). The molecular weight excluding hydrogens is 407 g/mol. The van der Waals surface area contributed by atoms with Crippen molar-refractivity contribution in [2.24, 2.45) is 0 Å². The molecular formula is C17H25IN2O3. The van der Waals surface area contributed by atoms with Crippen molar-refractivity contribution in [1.29, 1.82) is 0 Å². The smallest absolute Gasteiger partial charge is 0.410 e. The van der Waals surface area contributed by atoms with E-state index in [1.807, 2.05) is 35.2 Å². The van der Waals surface area contributed by atoms with E-state index in [-0.39, 0.29) is 18.2 Å². The number of nitrogens with zero attached hydrogens (tertiary/aromatic N) is 1. The highest BCUT2D eigenvalue weighted by atomic mass is 127. The van der Waals surface area contributed by atoms with Gasteiger partial charge in [0.1, 0.15) is 6.61 Å². The van der Waals surface area contributed by atoms with Crippen LogP contribution in [0.15, 0.2) is 30.3 Å². The molecule has 0 saturated carbocycles. The molecule has 1 N–H and O–H groups in total. The Hall–Kier alpha value is -0.860. The molecule has 1 aromatic carbocycles. The number of halogens is 1. The van der Waals surface area contributed by atoms with Crippen LogP contribution in [0.3, 0.4) is 0 Å². The van der Waals surface area contributed by atoms with Crippen molar-refractivity contribution in [3.63, 3.8) is 0 Å². The van der Waals surface area contributed by atoms with Crippen LogP contribution in [0.2, 0.25) is 0 Å². The summed E-state index contributed by atoms with van der Waals surface area (Å²) >= 11 is 2.34. The first-order chi connectivity index (χ1) is 11.1. The van der Waals surface area contributed by atoms with Crippen LogP contribution in [0.5, 0.6) is 0 Å². The normalized spacial score (nSPS) is 23.0. The molecule has 0 aliphatic carbocycles. The van der Waals surface area contributed by atoms with Gasteiger partial charge in [-0.3, -0.25) is 4.90 Å². The van der Waals surface area contributed by atoms with Crippen molar-refractivity contribution in [2.45, 2.75) is 36.5 Å². The van der Waals surface area contributed by atoms with E-state index in [0.29, 0.717) is 19.8 Å². The number of morpholine rings is 1. The number of benzene rings is 1. The summed E-state index contributed by atoms with van der Waals surface area (Å²) in [5.41, 5.74) is 1.01. The molecule has 1 aromatic rings. The van der Waals surface area contributed by atoms with Crippen LogP contribution in [0.4, 0.5) is 4.79 Å². The molecule has 1 amide bonds. The zero-order valence-electron chi connectivity index (χ0n) is 13.7. The Morgan fingerprint density at radius 2 is 1.87 bits per heavy atom. The monoisotopic (exact) mass is 432 g/mol. The second-order valence-electron chi connectivity index (χ2n) is 5.96. The van der Waals surface area contributed by atoms with Gasteiger partial charge in [-0.15, -0.1) is 0 Å². The van der Waals surface area contributed by atoms with E-state index in [9.17, 15) is 4.79 Å². The summed E-state index contributed by atoms with van der Waals surface area (Å²) < 4.78 is 11.7. The molecule has 23 heavy (non-hydrogen) atoms. The Labute approximate surface area is 151 Å². The Bertz CT molecular complexity index is 459. The average molecular weight is 432 g/mol. The highest BCUT2D eigenvalue weighted by Gasteiger charge is 2.38. The second-order valence-corrected chi connectivity index (χ2v) is 8.46. The Kier molecular flexibility index (Phi) is 7.58. The van der Waals surface area contributed by atoms with Gasteiger partial charge in [0.05, 0.1) is 25.3 Å². The van der Waals surface area contributed by atoms with Gasteiger partial charge < -0.3 is 14.8 Å². The highest BCUT2D eigenvalue weighted by Crippen LogP contribution is 2.18. The van der Waals surface area contributed by atoms with Crippen molar-refractivity contribution < 1.29 is 14.3 Å². The molecule has 0 radical (unpaired) electrons. The number of fused-ring (bicyclic) bond motifs is 2. The molecule has 5 nitrogen and oxygen atoms in total. The lowest BCUT2D eigenvalue weighted by Crippen LogP contribution is -2.65. The lowest BCUT2D eigenvalue weighted by molar-refractivity contribution is -0.0589. The minimum absolute atomic E-state index is 0.0933. The zero-order valence-corrected chi connectivity index (χ0v) is 15.9. The minimum atomic E-state index is -0.233. The summed E-state index contributed by atoms with van der Waals surface area (Å²) in [6, 6.07) is 9.92. The fourth-order valence-electron chi connectivity index (χ4n) is 2.62. The Morgan fingerprint density at radius 1 is 1.30 bits per heavy atom. The molecule has 2 fully saturated rings. The van der Waals surface area contributed by atoms with E-state index >= 15 is 0 Å². The third-order valence-electron chi connectivity index (χ3n) is 3.58. The van der Waals surface area contributed by atoms with E-state index in [1.165, 1.54) is 0 Å². The number of nitrogens with one attached hydrogen (secondary N) is 1. The number of piperazine rings is 1. The van der Waals surface area contributed by atoms with Gasteiger partial charge in [0.15, 0.2) is 0 Å². The van der Waals surface area contributed by atoms with Crippen LogP contribution in [0.1, 0.15) is 19.4 Å². The predicted molar refractivity (Wildman–Crippen MR) is 98.9 cm³/mol. The maximum atomic E-state index is 12.2. The minimum Gasteiger partial charge on any atom is -0.445 e. The Morgan fingerprint density at radius 3 is 2.43 bits per heavy atom. The van der Waals surface area contributed by atoms with Gasteiger partial charge in [-0.1, -0.05) is 66.8 Å². The number of rotatable bonds is 2. The molecule has 6 heteroatoms. The quantitative estimate of drug-likeness (QED) is 0.577. The third kappa shape index (κ3) is 5.93. The zero-order chi connectivity index (χ0) is 16.7. The van der Waals surface area contributed by atoms with Crippen LogP contribution < -0.4 is 5.32 Å². The van der Waals surface area contributed by atoms with E-state index in [1.54, 1.807) is 0 Å². The fourth-order valence-corrected chi connectivity index (χ4v) is 2.62. The second kappa shape index (κ2) is 9.44. The molecule has 2 bridgehead atoms.